The molecule has 1 atom stereocenters. The summed E-state index contributed by atoms with van der Waals surface area (Å²) in [5, 5.41) is 16.2. The van der Waals surface area contributed by atoms with Crippen LogP contribution in [0.1, 0.15) is 42.2 Å². The fourth-order valence-electron chi connectivity index (χ4n) is 4.77. The predicted octanol–water partition coefficient (Wildman–Crippen LogP) is 3.60. The Kier molecular flexibility index (Phi) is 6.97. The molecule has 1 unspecified atom stereocenters. The number of Topliss-reactive ketones (excluding diaryl/α,β-unsaturated/α-hetero) is 1. The van der Waals surface area contributed by atoms with E-state index in [1.807, 2.05) is 24.3 Å². The summed E-state index contributed by atoms with van der Waals surface area (Å²) in [6.45, 7) is 2.72. The van der Waals surface area contributed by atoms with Gasteiger partial charge in [-0.2, -0.15) is 10.2 Å². The maximum atomic E-state index is 13.6. The Morgan fingerprint density at radius 3 is 2.77 bits per heavy atom. The van der Waals surface area contributed by atoms with E-state index in [0.717, 1.165) is 5.69 Å². The summed E-state index contributed by atoms with van der Waals surface area (Å²) in [4.78, 5) is 44.4. The van der Waals surface area contributed by atoms with Crippen molar-refractivity contribution in [3.05, 3.63) is 86.9 Å². The Bertz CT molecular complexity index is 1490. The zero-order chi connectivity index (χ0) is 26.8. The van der Waals surface area contributed by atoms with Crippen molar-refractivity contribution < 1.29 is 19.1 Å². The summed E-state index contributed by atoms with van der Waals surface area (Å²) in [5.74, 6) is -0.426. The first kappa shape index (κ1) is 25.0. The molecule has 4 heterocycles. The number of pyridine rings is 1. The molecule has 11 nitrogen and oxygen atoms in total. The van der Waals surface area contributed by atoms with Crippen LogP contribution >= 0.6 is 11.3 Å². The van der Waals surface area contributed by atoms with Gasteiger partial charge >= 0.3 is 6.03 Å². The van der Waals surface area contributed by atoms with Crippen LogP contribution in [0.4, 0.5) is 10.5 Å². The molecule has 1 saturated heterocycles. The molecule has 3 aromatic rings. The predicted molar refractivity (Wildman–Crippen MR) is 144 cm³/mol. The van der Waals surface area contributed by atoms with Crippen molar-refractivity contribution in [1.82, 2.24) is 20.7 Å². The monoisotopic (exact) mass is 543 g/mol. The van der Waals surface area contributed by atoms with Crippen LogP contribution in [-0.2, 0) is 11.2 Å². The number of hydrazine groups is 1. The lowest BCUT2D eigenvalue weighted by Gasteiger charge is -2.27. The highest BCUT2D eigenvalue weighted by Crippen LogP contribution is 2.49. The molecule has 2 aliphatic heterocycles. The minimum atomic E-state index is -0.538. The number of nitrogens with one attached hydrogen (secondary N) is 3. The first-order valence-electron chi connectivity index (χ1n) is 12.6. The van der Waals surface area contributed by atoms with Gasteiger partial charge < -0.3 is 15.4 Å². The van der Waals surface area contributed by atoms with Gasteiger partial charge in [-0.15, -0.1) is 11.3 Å². The number of anilines is 1. The van der Waals surface area contributed by atoms with E-state index in [4.69, 9.17) is 4.74 Å². The number of nitrogens with zero attached hydrogens (tertiary/aromatic N) is 4. The fourth-order valence-corrected chi connectivity index (χ4v) is 5.69. The number of hydrogen-bond acceptors (Lipinski definition) is 9. The number of carbonyl (C=O) groups excluding carboxylic acids is 3. The smallest absolute Gasteiger partial charge is 0.333 e. The molecule has 0 radical (unpaired) electrons. The number of morpholine rings is 1. The zero-order valence-electron chi connectivity index (χ0n) is 20.8. The maximum Gasteiger partial charge on any atom is 0.333 e. The molecule has 12 heteroatoms. The second-order valence-corrected chi connectivity index (χ2v) is 10.2. The second-order valence-electron chi connectivity index (χ2n) is 9.14. The molecule has 1 aromatic carbocycles. The summed E-state index contributed by atoms with van der Waals surface area (Å²) < 4.78 is 5.31. The number of urea groups is 1. The van der Waals surface area contributed by atoms with E-state index in [2.05, 4.69) is 31.3 Å². The summed E-state index contributed by atoms with van der Waals surface area (Å²) in [7, 11) is 0. The normalized spacial score (nSPS) is 18.2. The van der Waals surface area contributed by atoms with Crippen LogP contribution in [-0.4, -0.2) is 60.6 Å². The minimum absolute atomic E-state index is 0.196. The van der Waals surface area contributed by atoms with E-state index in [-0.39, 0.29) is 11.7 Å². The number of ketones is 1. The number of aromatic nitrogens is 1. The van der Waals surface area contributed by atoms with E-state index in [1.165, 1.54) is 11.3 Å². The molecule has 0 saturated carbocycles. The van der Waals surface area contributed by atoms with E-state index in [0.29, 0.717) is 77.1 Å². The fraction of sp³-hybridized carbons (Fsp3) is 0.259. The molecular formula is C27H25N7O4S. The number of benzene rings is 1. The molecule has 3 N–H and O–H groups in total. The topological polar surface area (TPSA) is 137 Å². The standard InChI is InChI=1S/C27H25N7O4S/c35-25-21-17(5-3-6-18(21)30-27(37)33-34-12-14-38-15-13-34)23-22(25)24(32-31-23)19-7-8-20(39-19)26(36)29-11-9-16-4-1-2-10-28-16/h1-8,10,23H,9,11-15H2,(H,29,36)(H2,30,33,37). The Morgan fingerprint density at radius 1 is 1.08 bits per heavy atom. The van der Waals surface area contributed by atoms with Crippen LogP contribution < -0.4 is 16.1 Å². The first-order chi connectivity index (χ1) is 19.1. The van der Waals surface area contributed by atoms with Crippen LogP contribution in [0.25, 0.3) is 5.70 Å². The highest BCUT2D eigenvalue weighted by molar-refractivity contribution is 7.15. The molecule has 1 fully saturated rings. The minimum Gasteiger partial charge on any atom is -0.379 e. The number of rotatable bonds is 7. The molecule has 1 aliphatic carbocycles. The lowest BCUT2D eigenvalue weighted by atomic mass is 10.1. The van der Waals surface area contributed by atoms with E-state index >= 15 is 0 Å². The summed E-state index contributed by atoms with van der Waals surface area (Å²) in [6, 6.07) is 13.5. The van der Waals surface area contributed by atoms with Crippen LogP contribution in [0.15, 0.2) is 70.5 Å². The molecule has 39 heavy (non-hydrogen) atoms. The Morgan fingerprint density at radius 2 is 1.95 bits per heavy atom. The number of ether oxygens (including phenoxy) is 1. The van der Waals surface area contributed by atoms with Crippen LogP contribution in [0.5, 0.6) is 0 Å². The SMILES string of the molecule is O=C(Nc1cccc2c1C(=O)C1=C(c3ccc(C(=O)NCCc4ccccn4)s3)N=NC12)NN1CCOCC1. The summed E-state index contributed by atoms with van der Waals surface area (Å²) in [6.07, 6.45) is 2.35. The van der Waals surface area contributed by atoms with Crippen molar-refractivity contribution in [2.75, 3.05) is 38.2 Å². The van der Waals surface area contributed by atoms with Crippen molar-refractivity contribution >= 4 is 40.4 Å². The average molecular weight is 544 g/mol. The van der Waals surface area contributed by atoms with Gasteiger partial charge in [0.05, 0.1) is 39.8 Å². The average Bonchev–Trinajstić information content (AvgIpc) is 3.67. The number of thiophene rings is 1. The lowest BCUT2D eigenvalue weighted by Crippen LogP contribution is -2.49. The Hall–Kier alpha value is -4.26. The van der Waals surface area contributed by atoms with Crippen molar-refractivity contribution in [2.45, 2.75) is 12.5 Å². The van der Waals surface area contributed by atoms with Gasteiger partial charge in [0, 0.05) is 37.9 Å². The second kappa shape index (κ2) is 10.8. The van der Waals surface area contributed by atoms with Gasteiger partial charge in [0.25, 0.3) is 5.91 Å². The zero-order valence-corrected chi connectivity index (χ0v) is 21.7. The molecule has 0 bridgehead atoms. The largest absolute Gasteiger partial charge is 0.379 e. The molecule has 198 valence electrons. The number of hydrogen-bond donors (Lipinski definition) is 3. The van der Waals surface area contributed by atoms with Crippen molar-refractivity contribution in [3.63, 3.8) is 0 Å². The van der Waals surface area contributed by atoms with Crippen molar-refractivity contribution in [2.24, 2.45) is 10.2 Å². The van der Waals surface area contributed by atoms with E-state index in [1.54, 1.807) is 35.5 Å². The number of fused-ring (bicyclic) bond motifs is 3. The van der Waals surface area contributed by atoms with E-state index < -0.39 is 12.1 Å². The van der Waals surface area contributed by atoms with Crippen molar-refractivity contribution in [3.8, 4) is 0 Å². The van der Waals surface area contributed by atoms with Gasteiger partial charge in [0.15, 0.2) is 5.78 Å². The lowest BCUT2D eigenvalue weighted by molar-refractivity contribution is 0.0207. The molecular weight excluding hydrogens is 518 g/mol. The van der Waals surface area contributed by atoms with Crippen LogP contribution in [0.3, 0.4) is 0 Å². The molecule has 6 rings (SSSR count). The molecule has 0 spiro atoms. The Balaban J connectivity index is 1.17. The number of carbonyl (C=O) groups is 3. The van der Waals surface area contributed by atoms with Crippen LogP contribution in [0, 0.1) is 0 Å². The maximum absolute atomic E-state index is 13.6. The molecule has 2 aromatic heterocycles. The number of amides is 3. The third kappa shape index (κ3) is 5.09. The third-order valence-electron chi connectivity index (χ3n) is 6.64. The third-order valence-corrected chi connectivity index (χ3v) is 7.73. The molecule has 3 amide bonds. The van der Waals surface area contributed by atoms with Gasteiger partial charge in [0.2, 0.25) is 0 Å². The highest BCUT2D eigenvalue weighted by atomic mass is 32.1. The summed E-state index contributed by atoms with van der Waals surface area (Å²) >= 11 is 1.26. The van der Waals surface area contributed by atoms with Gasteiger partial charge in [-0.05, 0) is 35.9 Å². The van der Waals surface area contributed by atoms with Gasteiger partial charge in [-0.1, -0.05) is 18.2 Å². The van der Waals surface area contributed by atoms with Gasteiger partial charge in [-0.3, -0.25) is 20.0 Å². The Labute approximate surface area is 228 Å². The summed E-state index contributed by atoms with van der Waals surface area (Å²) in [5.41, 5.74) is 6.14. The highest BCUT2D eigenvalue weighted by Gasteiger charge is 2.42. The van der Waals surface area contributed by atoms with Crippen LogP contribution in [0.2, 0.25) is 0 Å². The first-order valence-corrected chi connectivity index (χ1v) is 13.4. The quantitative estimate of drug-likeness (QED) is 0.416. The number of azo groups is 1. The van der Waals surface area contributed by atoms with Crippen molar-refractivity contribution in [1.29, 1.82) is 0 Å². The van der Waals surface area contributed by atoms with Gasteiger partial charge in [-0.25, -0.2) is 9.80 Å². The van der Waals surface area contributed by atoms with Gasteiger partial charge in [0.1, 0.15) is 11.7 Å². The molecule has 3 aliphatic rings. The van der Waals surface area contributed by atoms with E-state index in [9.17, 15) is 14.4 Å².